The summed E-state index contributed by atoms with van der Waals surface area (Å²) in [4.78, 5) is 17.5. The summed E-state index contributed by atoms with van der Waals surface area (Å²) in [5, 5.41) is 10.9. The molecule has 0 radical (unpaired) electrons. The second-order valence-corrected chi connectivity index (χ2v) is 6.96. The fourth-order valence-corrected chi connectivity index (χ4v) is 4.03. The Labute approximate surface area is 160 Å². The van der Waals surface area contributed by atoms with Gasteiger partial charge >= 0.3 is 0 Å². The maximum absolute atomic E-state index is 14.5. The third kappa shape index (κ3) is 2.61. The van der Waals surface area contributed by atoms with Gasteiger partial charge in [-0.2, -0.15) is 0 Å². The van der Waals surface area contributed by atoms with E-state index in [1.54, 1.807) is 24.3 Å². The molecule has 2 aliphatic rings. The average molecular weight is 373 g/mol. The number of nitro groups is 1. The molecule has 0 aromatic heterocycles. The predicted octanol–water partition coefficient (Wildman–Crippen LogP) is 4.66. The molecular formula is C22H16FN3O2. The standard InChI is InChI=1S/C22H16FN3O2/c23-18-9-5-4-8-17(18)22-24-19(14-6-2-1-3-7-14)21-20(25(21)22)15-10-12-16(13-11-15)26(27)28/h1-13,20-22H/t20?,21-,22-,25?/m0/s1. The summed E-state index contributed by atoms with van der Waals surface area (Å²) < 4.78 is 14.5. The molecule has 5 rings (SSSR count). The summed E-state index contributed by atoms with van der Waals surface area (Å²) in [7, 11) is 0. The quantitative estimate of drug-likeness (QED) is 0.380. The Bertz CT molecular complexity index is 1080. The van der Waals surface area contributed by atoms with E-state index in [4.69, 9.17) is 4.99 Å². The number of rotatable bonds is 4. The van der Waals surface area contributed by atoms with E-state index in [1.807, 2.05) is 36.4 Å². The molecule has 6 heteroatoms. The number of hydrogen-bond acceptors (Lipinski definition) is 4. The number of hydrogen-bond donors (Lipinski definition) is 0. The first-order valence-electron chi connectivity index (χ1n) is 9.04. The fraction of sp³-hybridized carbons (Fsp3) is 0.136. The van der Waals surface area contributed by atoms with Gasteiger partial charge in [-0.15, -0.1) is 0 Å². The number of fused-ring (bicyclic) bond motifs is 1. The molecule has 0 N–H and O–H groups in total. The normalized spacial score (nSPS) is 25.1. The largest absolute Gasteiger partial charge is 0.269 e. The summed E-state index contributed by atoms with van der Waals surface area (Å²) >= 11 is 0. The van der Waals surface area contributed by atoms with Crippen molar-refractivity contribution in [2.45, 2.75) is 18.2 Å². The lowest BCUT2D eigenvalue weighted by atomic mass is 10.0. The summed E-state index contributed by atoms with van der Waals surface area (Å²) in [6, 6.07) is 23.2. The van der Waals surface area contributed by atoms with Crippen LogP contribution in [0.25, 0.3) is 0 Å². The SMILES string of the molecule is O=[N+]([O-])c1ccc(C2[C@@H]3C(c4ccccc4)=N[C@H](c4ccccc4F)N23)cc1. The van der Waals surface area contributed by atoms with Gasteiger partial charge in [0, 0.05) is 17.7 Å². The van der Waals surface area contributed by atoms with E-state index in [-0.39, 0.29) is 23.6 Å². The lowest BCUT2D eigenvalue weighted by molar-refractivity contribution is -0.384. The van der Waals surface area contributed by atoms with Crippen LogP contribution in [0.2, 0.25) is 0 Å². The van der Waals surface area contributed by atoms with Gasteiger partial charge in [0.25, 0.3) is 5.69 Å². The molecule has 5 nitrogen and oxygen atoms in total. The molecule has 0 spiro atoms. The van der Waals surface area contributed by atoms with Gasteiger partial charge in [0.1, 0.15) is 12.0 Å². The summed E-state index contributed by atoms with van der Waals surface area (Å²) in [5.41, 5.74) is 3.52. The van der Waals surface area contributed by atoms with E-state index in [0.29, 0.717) is 5.56 Å². The first kappa shape index (κ1) is 16.8. The molecule has 0 aliphatic carbocycles. The molecule has 0 bridgehead atoms. The number of nitro benzene ring substituents is 1. The van der Waals surface area contributed by atoms with Crippen LogP contribution < -0.4 is 0 Å². The van der Waals surface area contributed by atoms with Crippen molar-refractivity contribution in [2.75, 3.05) is 0 Å². The minimum Gasteiger partial charge on any atom is -0.263 e. The highest BCUT2D eigenvalue weighted by atomic mass is 19.1. The van der Waals surface area contributed by atoms with Crippen LogP contribution in [-0.4, -0.2) is 21.6 Å². The minimum absolute atomic E-state index is 0.0260. The van der Waals surface area contributed by atoms with E-state index in [0.717, 1.165) is 16.8 Å². The third-order valence-corrected chi connectivity index (χ3v) is 5.37. The highest BCUT2D eigenvalue weighted by Gasteiger charge is 2.59. The zero-order chi connectivity index (χ0) is 19.3. The van der Waals surface area contributed by atoms with Gasteiger partial charge in [-0.1, -0.05) is 60.7 Å². The highest BCUT2D eigenvalue weighted by molar-refractivity contribution is 6.08. The van der Waals surface area contributed by atoms with E-state index in [2.05, 4.69) is 4.90 Å². The predicted molar refractivity (Wildman–Crippen MR) is 104 cm³/mol. The van der Waals surface area contributed by atoms with E-state index < -0.39 is 11.1 Å². The number of benzene rings is 3. The van der Waals surface area contributed by atoms with Crippen molar-refractivity contribution < 1.29 is 9.31 Å². The molecule has 138 valence electrons. The molecule has 0 amide bonds. The maximum atomic E-state index is 14.5. The Morgan fingerprint density at radius 3 is 2.25 bits per heavy atom. The van der Waals surface area contributed by atoms with Gasteiger partial charge in [-0.25, -0.2) is 4.39 Å². The van der Waals surface area contributed by atoms with Crippen LogP contribution in [0.1, 0.15) is 28.9 Å². The monoisotopic (exact) mass is 373 g/mol. The zero-order valence-corrected chi connectivity index (χ0v) is 14.8. The first-order valence-corrected chi connectivity index (χ1v) is 9.04. The fourth-order valence-electron chi connectivity index (χ4n) is 4.03. The van der Waals surface area contributed by atoms with E-state index in [1.165, 1.54) is 18.2 Å². The van der Waals surface area contributed by atoms with Gasteiger partial charge in [0.05, 0.1) is 22.7 Å². The molecule has 2 heterocycles. The lowest BCUT2D eigenvalue weighted by Crippen LogP contribution is -2.09. The van der Waals surface area contributed by atoms with Crippen molar-refractivity contribution in [3.05, 3.63) is 111 Å². The maximum Gasteiger partial charge on any atom is 0.269 e. The molecule has 2 unspecified atom stereocenters. The molecule has 0 saturated carbocycles. The van der Waals surface area contributed by atoms with Crippen LogP contribution in [0.3, 0.4) is 0 Å². The first-order chi connectivity index (χ1) is 13.6. The van der Waals surface area contributed by atoms with Gasteiger partial charge in [0.15, 0.2) is 0 Å². The Balaban J connectivity index is 1.55. The van der Waals surface area contributed by atoms with Crippen LogP contribution >= 0.6 is 0 Å². The molecule has 1 saturated heterocycles. The molecular weight excluding hydrogens is 357 g/mol. The molecule has 28 heavy (non-hydrogen) atoms. The second-order valence-electron chi connectivity index (χ2n) is 6.96. The van der Waals surface area contributed by atoms with Crippen LogP contribution in [0, 0.1) is 15.9 Å². The van der Waals surface area contributed by atoms with Crippen LogP contribution in [-0.2, 0) is 0 Å². The van der Waals surface area contributed by atoms with Gasteiger partial charge in [-0.3, -0.25) is 20.0 Å². The van der Waals surface area contributed by atoms with Gasteiger partial charge < -0.3 is 0 Å². The van der Waals surface area contributed by atoms with Crippen LogP contribution in [0.4, 0.5) is 10.1 Å². The van der Waals surface area contributed by atoms with E-state index >= 15 is 0 Å². The summed E-state index contributed by atoms with van der Waals surface area (Å²) in [5.74, 6) is -0.279. The Morgan fingerprint density at radius 2 is 1.57 bits per heavy atom. The third-order valence-electron chi connectivity index (χ3n) is 5.37. The minimum atomic E-state index is -0.406. The second kappa shape index (κ2) is 6.35. The molecule has 3 aromatic carbocycles. The van der Waals surface area contributed by atoms with E-state index in [9.17, 15) is 14.5 Å². The molecule has 1 fully saturated rings. The molecule has 3 aromatic rings. The zero-order valence-electron chi connectivity index (χ0n) is 14.8. The highest BCUT2D eigenvalue weighted by Crippen LogP contribution is 2.56. The van der Waals surface area contributed by atoms with Crippen molar-refractivity contribution in [1.82, 2.24) is 4.90 Å². The summed E-state index contributed by atoms with van der Waals surface area (Å²) in [6.45, 7) is 0. The lowest BCUT2D eigenvalue weighted by Gasteiger charge is -2.15. The number of nitrogens with zero attached hydrogens (tertiary/aromatic N) is 3. The Morgan fingerprint density at radius 1 is 0.893 bits per heavy atom. The van der Waals surface area contributed by atoms with Crippen LogP contribution in [0.15, 0.2) is 83.9 Å². The number of halogens is 1. The van der Waals surface area contributed by atoms with Crippen molar-refractivity contribution in [1.29, 1.82) is 0 Å². The van der Waals surface area contributed by atoms with Crippen molar-refractivity contribution in [3.8, 4) is 0 Å². The van der Waals surface area contributed by atoms with Gasteiger partial charge in [-0.05, 0) is 17.2 Å². The topological polar surface area (TPSA) is 58.5 Å². The van der Waals surface area contributed by atoms with Gasteiger partial charge in [0.2, 0.25) is 0 Å². The van der Waals surface area contributed by atoms with Crippen LogP contribution in [0.5, 0.6) is 0 Å². The number of aliphatic imine (C=N–C) groups is 1. The van der Waals surface area contributed by atoms with Crippen molar-refractivity contribution in [2.24, 2.45) is 4.99 Å². The smallest absolute Gasteiger partial charge is 0.263 e. The van der Waals surface area contributed by atoms with Crippen molar-refractivity contribution >= 4 is 11.4 Å². The summed E-state index contributed by atoms with van der Waals surface area (Å²) in [6.07, 6.45) is -0.401. The molecule has 2 aliphatic heterocycles. The molecule has 4 atom stereocenters. The average Bonchev–Trinajstić information content (AvgIpc) is 3.33. The van der Waals surface area contributed by atoms with Crippen molar-refractivity contribution in [3.63, 3.8) is 0 Å². The Kier molecular flexibility index (Phi) is 3.80. The Hall–Kier alpha value is -3.38. The number of non-ortho nitro benzene ring substituents is 1.